The second-order valence-electron chi connectivity index (χ2n) is 5.31. The number of carbonyl (C=O) groups is 2. The van der Waals surface area contributed by atoms with Gasteiger partial charge in [0.1, 0.15) is 6.10 Å². The van der Waals surface area contributed by atoms with Gasteiger partial charge in [-0.3, -0.25) is 9.69 Å². The highest BCUT2D eigenvalue weighted by molar-refractivity contribution is 5.96. The predicted molar refractivity (Wildman–Crippen MR) is 79.5 cm³/mol. The molecule has 0 saturated carbocycles. The van der Waals surface area contributed by atoms with Gasteiger partial charge in [-0.2, -0.15) is 0 Å². The quantitative estimate of drug-likeness (QED) is 0.909. The molecule has 0 radical (unpaired) electrons. The average molecular weight is 289 g/mol. The molecule has 21 heavy (non-hydrogen) atoms. The number of ether oxygens (including phenoxy) is 1. The van der Waals surface area contributed by atoms with Crippen LogP contribution >= 0.6 is 0 Å². The molecule has 1 unspecified atom stereocenters. The van der Waals surface area contributed by atoms with Gasteiger partial charge in [-0.1, -0.05) is 6.92 Å². The van der Waals surface area contributed by atoms with Crippen molar-refractivity contribution >= 4 is 23.4 Å². The lowest BCUT2D eigenvalue weighted by Gasteiger charge is -2.18. The summed E-state index contributed by atoms with van der Waals surface area (Å²) < 4.78 is 5.17. The minimum Gasteiger partial charge on any atom is -0.443 e. The molecular weight excluding hydrogens is 270 g/mol. The van der Waals surface area contributed by atoms with E-state index in [0.29, 0.717) is 26.1 Å². The zero-order chi connectivity index (χ0) is 15.0. The molecule has 1 saturated heterocycles. The Labute approximate surface area is 123 Å². The van der Waals surface area contributed by atoms with Crippen molar-refractivity contribution in [3.05, 3.63) is 23.8 Å². The van der Waals surface area contributed by atoms with E-state index in [1.54, 1.807) is 4.90 Å². The molecule has 2 N–H and O–H groups in total. The lowest BCUT2D eigenvalue weighted by Crippen LogP contribution is -2.28. The molecule has 1 aromatic rings. The summed E-state index contributed by atoms with van der Waals surface area (Å²) in [7, 11) is 0. The van der Waals surface area contributed by atoms with E-state index in [4.69, 9.17) is 10.5 Å². The second kappa shape index (κ2) is 5.37. The van der Waals surface area contributed by atoms with Crippen molar-refractivity contribution in [3.63, 3.8) is 0 Å². The molecule has 3 rings (SSSR count). The maximum Gasteiger partial charge on any atom is 0.414 e. The molecule has 6 nitrogen and oxygen atoms in total. The molecule has 1 atom stereocenters. The average Bonchev–Trinajstić information content (AvgIpc) is 3.09. The third kappa shape index (κ3) is 2.35. The number of carbonyl (C=O) groups excluding carboxylic acids is 2. The van der Waals surface area contributed by atoms with Gasteiger partial charge in [-0.15, -0.1) is 0 Å². The van der Waals surface area contributed by atoms with E-state index in [2.05, 4.69) is 0 Å². The van der Waals surface area contributed by atoms with Crippen LogP contribution in [-0.4, -0.2) is 37.7 Å². The van der Waals surface area contributed by atoms with Crippen LogP contribution < -0.4 is 15.5 Å². The third-order valence-corrected chi connectivity index (χ3v) is 4.01. The summed E-state index contributed by atoms with van der Waals surface area (Å²) in [5.41, 5.74) is 8.40. The van der Waals surface area contributed by atoms with Crippen LogP contribution in [0.15, 0.2) is 18.2 Å². The van der Waals surface area contributed by atoms with E-state index in [1.165, 1.54) is 0 Å². The van der Waals surface area contributed by atoms with Crippen molar-refractivity contribution in [1.29, 1.82) is 0 Å². The number of hydrogen-bond acceptors (Lipinski definition) is 4. The van der Waals surface area contributed by atoms with Gasteiger partial charge in [0.05, 0.1) is 6.54 Å². The van der Waals surface area contributed by atoms with Crippen molar-refractivity contribution in [1.82, 2.24) is 0 Å². The standard InChI is InChI=1S/C15H19N3O3/c1-2-14(19)17-6-5-10-7-11(3-4-13(10)17)18-9-12(8-16)21-15(18)20/h3-4,7,12H,2,5-6,8-9,16H2,1H3. The Morgan fingerprint density at radius 1 is 1.48 bits per heavy atom. The molecule has 2 aliphatic heterocycles. The predicted octanol–water partition coefficient (Wildman–Crippen LogP) is 1.27. The van der Waals surface area contributed by atoms with E-state index < -0.39 is 0 Å². The fraction of sp³-hybridized carbons (Fsp3) is 0.467. The second-order valence-corrected chi connectivity index (χ2v) is 5.31. The molecule has 1 fully saturated rings. The number of anilines is 2. The molecule has 0 aromatic heterocycles. The molecule has 0 bridgehead atoms. The summed E-state index contributed by atoms with van der Waals surface area (Å²) in [4.78, 5) is 27.1. The molecule has 112 valence electrons. The highest BCUT2D eigenvalue weighted by Gasteiger charge is 2.32. The zero-order valence-corrected chi connectivity index (χ0v) is 12.0. The third-order valence-electron chi connectivity index (χ3n) is 4.01. The van der Waals surface area contributed by atoms with Crippen molar-refractivity contribution in [2.45, 2.75) is 25.9 Å². The Bertz CT molecular complexity index is 588. The molecule has 2 aliphatic rings. The van der Waals surface area contributed by atoms with E-state index in [9.17, 15) is 9.59 Å². The van der Waals surface area contributed by atoms with Crippen LogP contribution in [0.4, 0.5) is 16.2 Å². The van der Waals surface area contributed by atoms with Crippen molar-refractivity contribution < 1.29 is 14.3 Å². The van der Waals surface area contributed by atoms with Crippen molar-refractivity contribution in [3.8, 4) is 0 Å². The minimum atomic E-state index is -0.357. The molecule has 1 aromatic carbocycles. The lowest BCUT2D eigenvalue weighted by atomic mass is 10.1. The molecule has 2 amide bonds. The Hall–Kier alpha value is -2.08. The zero-order valence-electron chi connectivity index (χ0n) is 12.0. The highest BCUT2D eigenvalue weighted by atomic mass is 16.6. The fourth-order valence-corrected chi connectivity index (χ4v) is 2.86. The first-order valence-electron chi connectivity index (χ1n) is 7.25. The molecule has 6 heteroatoms. The van der Waals surface area contributed by atoms with E-state index in [-0.39, 0.29) is 18.1 Å². The van der Waals surface area contributed by atoms with Crippen LogP contribution in [0.5, 0.6) is 0 Å². The number of hydrogen-bond donors (Lipinski definition) is 1. The van der Waals surface area contributed by atoms with Gasteiger partial charge in [0.2, 0.25) is 5.91 Å². The van der Waals surface area contributed by atoms with Gasteiger partial charge in [-0.05, 0) is 30.2 Å². The van der Waals surface area contributed by atoms with Crippen LogP contribution in [0.25, 0.3) is 0 Å². The number of nitrogens with two attached hydrogens (primary N) is 1. The summed E-state index contributed by atoms with van der Waals surface area (Å²) in [6, 6.07) is 5.74. The largest absolute Gasteiger partial charge is 0.443 e. The van der Waals surface area contributed by atoms with Crippen LogP contribution in [0.1, 0.15) is 18.9 Å². The fourth-order valence-electron chi connectivity index (χ4n) is 2.86. The summed E-state index contributed by atoms with van der Waals surface area (Å²) in [6.45, 7) is 3.38. The van der Waals surface area contributed by atoms with Crippen LogP contribution in [-0.2, 0) is 16.0 Å². The van der Waals surface area contributed by atoms with Gasteiger partial charge < -0.3 is 15.4 Å². The number of rotatable bonds is 3. The first kappa shape index (κ1) is 13.9. The first-order valence-corrected chi connectivity index (χ1v) is 7.25. The Kier molecular flexibility index (Phi) is 3.55. The summed E-state index contributed by atoms with van der Waals surface area (Å²) in [6.07, 6.45) is 0.712. The number of nitrogens with zero attached hydrogens (tertiary/aromatic N) is 2. The van der Waals surface area contributed by atoms with Crippen LogP contribution in [0.3, 0.4) is 0 Å². The summed E-state index contributed by atoms with van der Waals surface area (Å²) >= 11 is 0. The summed E-state index contributed by atoms with van der Waals surface area (Å²) in [5.74, 6) is 0.130. The maximum atomic E-state index is 11.9. The topological polar surface area (TPSA) is 75.9 Å². The number of cyclic esters (lactones) is 1. The van der Waals surface area contributed by atoms with Crippen LogP contribution in [0, 0.1) is 0 Å². The smallest absolute Gasteiger partial charge is 0.414 e. The summed E-state index contributed by atoms with van der Waals surface area (Å²) in [5, 5.41) is 0. The Morgan fingerprint density at radius 2 is 2.29 bits per heavy atom. The van der Waals surface area contributed by atoms with Gasteiger partial charge in [0.15, 0.2) is 0 Å². The molecule has 0 spiro atoms. The normalized spacial score (nSPS) is 20.7. The molecule has 2 heterocycles. The minimum absolute atomic E-state index is 0.130. The number of benzene rings is 1. The van der Waals surface area contributed by atoms with Gasteiger partial charge in [0.25, 0.3) is 0 Å². The van der Waals surface area contributed by atoms with E-state index >= 15 is 0 Å². The van der Waals surface area contributed by atoms with Gasteiger partial charge >= 0.3 is 6.09 Å². The van der Waals surface area contributed by atoms with Crippen LogP contribution in [0.2, 0.25) is 0 Å². The first-order chi connectivity index (χ1) is 10.1. The number of amides is 2. The Morgan fingerprint density at radius 3 is 2.95 bits per heavy atom. The molecular formula is C15H19N3O3. The van der Waals surface area contributed by atoms with Crippen molar-refractivity contribution in [2.75, 3.05) is 29.4 Å². The van der Waals surface area contributed by atoms with Gasteiger partial charge in [0, 0.05) is 30.9 Å². The lowest BCUT2D eigenvalue weighted by molar-refractivity contribution is -0.118. The van der Waals surface area contributed by atoms with E-state index in [1.807, 2.05) is 30.0 Å². The number of fused-ring (bicyclic) bond motifs is 1. The van der Waals surface area contributed by atoms with Crippen molar-refractivity contribution in [2.24, 2.45) is 5.73 Å². The monoisotopic (exact) mass is 289 g/mol. The Balaban J connectivity index is 1.85. The van der Waals surface area contributed by atoms with Gasteiger partial charge in [-0.25, -0.2) is 4.79 Å². The highest BCUT2D eigenvalue weighted by Crippen LogP contribution is 2.33. The maximum absolute atomic E-state index is 11.9. The van der Waals surface area contributed by atoms with E-state index in [0.717, 1.165) is 23.4 Å². The SMILES string of the molecule is CCC(=O)N1CCc2cc(N3CC(CN)OC3=O)ccc21. The molecule has 0 aliphatic carbocycles.